The molecule has 2 rings (SSSR count). The van der Waals surface area contributed by atoms with E-state index in [4.69, 9.17) is 15.6 Å². The monoisotopic (exact) mass is 258 g/mol. The van der Waals surface area contributed by atoms with Gasteiger partial charge >= 0.3 is 5.97 Å². The van der Waals surface area contributed by atoms with Gasteiger partial charge in [0.1, 0.15) is 5.75 Å². The number of carbonyl (C=O) groups is 1. The lowest BCUT2D eigenvalue weighted by atomic mass is 10.2. The fourth-order valence-corrected chi connectivity index (χ4v) is 1.63. The number of carboxylic acid groups (broad SMARTS) is 1. The molecule has 0 unspecified atom stereocenters. The highest BCUT2D eigenvalue weighted by Crippen LogP contribution is 2.19. The first-order valence-corrected chi connectivity index (χ1v) is 5.82. The highest BCUT2D eigenvalue weighted by molar-refractivity contribution is 5.94. The molecule has 1 heterocycles. The molecule has 5 nitrogen and oxygen atoms in total. The molecule has 3 N–H and O–H groups in total. The summed E-state index contributed by atoms with van der Waals surface area (Å²) in [7, 11) is 0. The molecule has 98 valence electrons. The van der Waals surface area contributed by atoms with Crippen LogP contribution >= 0.6 is 0 Å². The van der Waals surface area contributed by atoms with Gasteiger partial charge in [0.15, 0.2) is 0 Å². The van der Waals surface area contributed by atoms with E-state index in [2.05, 4.69) is 4.98 Å². The smallest absolute Gasteiger partial charge is 0.337 e. The van der Waals surface area contributed by atoms with E-state index in [1.165, 1.54) is 12.1 Å². The Hall–Kier alpha value is -2.56. The molecule has 0 saturated carbocycles. The zero-order valence-electron chi connectivity index (χ0n) is 10.2. The van der Waals surface area contributed by atoms with Gasteiger partial charge in [-0.05, 0) is 30.3 Å². The first-order chi connectivity index (χ1) is 9.16. The van der Waals surface area contributed by atoms with Gasteiger partial charge in [0, 0.05) is 24.0 Å². The summed E-state index contributed by atoms with van der Waals surface area (Å²) in [5.74, 6) is -0.574. The minimum atomic E-state index is -1.06. The van der Waals surface area contributed by atoms with Gasteiger partial charge in [0.2, 0.25) is 0 Å². The van der Waals surface area contributed by atoms with Crippen LogP contribution in [0.25, 0.3) is 0 Å². The minimum absolute atomic E-state index is 0.0512. The topological polar surface area (TPSA) is 85.4 Å². The Kier molecular flexibility index (Phi) is 3.97. The number of nitrogen functional groups attached to an aromatic ring is 1. The molecule has 0 aliphatic heterocycles. The third-order valence-electron chi connectivity index (χ3n) is 2.61. The number of nitrogens with two attached hydrogens (primary N) is 1. The van der Waals surface area contributed by atoms with Crippen LogP contribution in [0.1, 0.15) is 16.1 Å². The fraction of sp³-hybridized carbons (Fsp3) is 0.143. The number of ether oxygens (including phenoxy) is 1. The number of anilines is 1. The largest absolute Gasteiger partial charge is 0.493 e. The van der Waals surface area contributed by atoms with Crippen LogP contribution in [0.2, 0.25) is 0 Å². The van der Waals surface area contributed by atoms with Crippen molar-refractivity contribution in [1.29, 1.82) is 0 Å². The first kappa shape index (κ1) is 12.9. The van der Waals surface area contributed by atoms with Crippen LogP contribution in [-0.2, 0) is 6.42 Å². The van der Waals surface area contributed by atoms with Crippen LogP contribution in [0, 0.1) is 0 Å². The molecule has 0 bridgehead atoms. The second-order valence-electron chi connectivity index (χ2n) is 3.97. The van der Waals surface area contributed by atoms with E-state index in [1.807, 2.05) is 18.2 Å². The molecule has 0 saturated heterocycles. The van der Waals surface area contributed by atoms with Crippen molar-refractivity contribution < 1.29 is 14.6 Å². The van der Waals surface area contributed by atoms with Gasteiger partial charge in [-0.25, -0.2) is 4.79 Å². The maximum Gasteiger partial charge on any atom is 0.337 e. The van der Waals surface area contributed by atoms with E-state index in [1.54, 1.807) is 12.3 Å². The SMILES string of the molecule is Nc1ccc(OCCc2ccccn2)cc1C(=O)O. The van der Waals surface area contributed by atoms with Gasteiger partial charge in [-0.1, -0.05) is 6.07 Å². The summed E-state index contributed by atoms with van der Waals surface area (Å²) in [4.78, 5) is 15.1. The van der Waals surface area contributed by atoms with Crippen molar-refractivity contribution in [3.63, 3.8) is 0 Å². The van der Waals surface area contributed by atoms with E-state index in [0.717, 1.165) is 5.69 Å². The van der Waals surface area contributed by atoms with Crippen molar-refractivity contribution in [3.8, 4) is 5.75 Å². The first-order valence-electron chi connectivity index (χ1n) is 5.82. The molecular formula is C14H14N2O3. The quantitative estimate of drug-likeness (QED) is 0.801. The van der Waals surface area contributed by atoms with Crippen molar-refractivity contribution in [2.45, 2.75) is 6.42 Å². The van der Waals surface area contributed by atoms with Crippen LogP contribution in [0.5, 0.6) is 5.75 Å². The maximum atomic E-state index is 10.9. The molecule has 5 heteroatoms. The van der Waals surface area contributed by atoms with Gasteiger partial charge in [-0.3, -0.25) is 4.98 Å². The van der Waals surface area contributed by atoms with Crippen LogP contribution in [0.3, 0.4) is 0 Å². The molecule has 0 amide bonds. The van der Waals surface area contributed by atoms with Gasteiger partial charge in [-0.2, -0.15) is 0 Å². The maximum absolute atomic E-state index is 10.9. The van der Waals surface area contributed by atoms with Gasteiger partial charge in [0.25, 0.3) is 0 Å². The lowest BCUT2D eigenvalue weighted by molar-refractivity contribution is 0.0697. The molecular weight excluding hydrogens is 244 g/mol. The molecule has 0 spiro atoms. The number of aromatic nitrogens is 1. The fourth-order valence-electron chi connectivity index (χ4n) is 1.63. The second kappa shape index (κ2) is 5.86. The Morgan fingerprint density at radius 3 is 2.84 bits per heavy atom. The van der Waals surface area contributed by atoms with Crippen LogP contribution in [0.15, 0.2) is 42.6 Å². The van der Waals surface area contributed by atoms with E-state index >= 15 is 0 Å². The number of hydrogen-bond acceptors (Lipinski definition) is 4. The lowest BCUT2D eigenvalue weighted by Crippen LogP contribution is -2.06. The van der Waals surface area contributed by atoms with Gasteiger partial charge < -0.3 is 15.6 Å². The summed E-state index contributed by atoms with van der Waals surface area (Å²) >= 11 is 0. The number of rotatable bonds is 5. The third-order valence-corrected chi connectivity index (χ3v) is 2.61. The van der Waals surface area contributed by atoms with E-state index in [0.29, 0.717) is 18.8 Å². The summed E-state index contributed by atoms with van der Waals surface area (Å²) in [6.07, 6.45) is 2.38. The molecule has 1 aromatic heterocycles. The molecule has 0 atom stereocenters. The Balaban J connectivity index is 1.97. The second-order valence-corrected chi connectivity index (χ2v) is 3.97. The molecule has 1 aromatic carbocycles. The summed E-state index contributed by atoms with van der Waals surface area (Å²) < 4.78 is 5.50. The van der Waals surface area contributed by atoms with Crippen molar-refractivity contribution >= 4 is 11.7 Å². The number of aromatic carboxylic acids is 1. The summed E-state index contributed by atoms with van der Waals surface area (Å²) in [6.45, 7) is 0.431. The average molecular weight is 258 g/mol. The molecule has 0 aliphatic rings. The Labute approximate surface area is 110 Å². The Bertz CT molecular complexity index is 570. The van der Waals surface area contributed by atoms with E-state index < -0.39 is 5.97 Å². The Morgan fingerprint density at radius 1 is 1.32 bits per heavy atom. The molecule has 2 aromatic rings. The van der Waals surface area contributed by atoms with Gasteiger partial charge in [0.05, 0.1) is 12.2 Å². The van der Waals surface area contributed by atoms with Crippen molar-refractivity contribution in [2.24, 2.45) is 0 Å². The summed E-state index contributed by atoms with van der Waals surface area (Å²) in [6, 6.07) is 10.3. The van der Waals surface area contributed by atoms with Crippen LogP contribution < -0.4 is 10.5 Å². The molecule has 0 radical (unpaired) electrons. The standard InChI is InChI=1S/C14H14N2O3/c15-13-5-4-11(9-12(13)14(17)18)19-8-6-10-3-1-2-7-16-10/h1-5,7,9H,6,8,15H2,(H,17,18). The Morgan fingerprint density at radius 2 is 2.16 bits per heavy atom. The summed E-state index contributed by atoms with van der Waals surface area (Å²) in [5.41, 5.74) is 6.77. The predicted octanol–water partition coefficient (Wildman–Crippen LogP) is 1.98. The van der Waals surface area contributed by atoms with E-state index in [9.17, 15) is 4.79 Å². The lowest BCUT2D eigenvalue weighted by Gasteiger charge is -2.08. The van der Waals surface area contributed by atoms with Crippen molar-refractivity contribution in [2.75, 3.05) is 12.3 Å². The number of benzene rings is 1. The zero-order chi connectivity index (χ0) is 13.7. The van der Waals surface area contributed by atoms with Crippen LogP contribution in [-0.4, -0.2) is 22.7 Å². The van der Waals surface area contributed by atoms with Crippen molar-refractivity contribution in [1.82, 2.24) is 4.98 Å². The molecule has 19 heavy (non-hydrogen) atoms. The predicted molar refractivity (Wildman–Crippen MR) is 71.2 cm³/mol. The third kappa shape index (κ3) is 3.45. The van der Waals surface area contributed by atoms with Crippen molar-refractivity contribution in [3.05, 3.63) is 53.9 Å². The highest BCUT2D eigenvalue weighted by atomic mass is 16.5. The number of hydrogen-bond donors (Lipinski definition) is 2. The average Bonchev–Trinajstić information content (AvgIpc) is 2.41. The highest BCUT2D eigenvalue weighted by Gasteiger charge is 2.09. The normalized spacial score (nSPS) is 10.1. The number of pyridine rings is 1. The summed E-state index contributed by atoms with van der Waals surface area (Å²) in [5, 5.41) is 8.95. The molecule has 0 aliphatic carbocycles. The van der Waals surface area contributed by atoms with E-state index in [-0.39, 0.29) is 11.3 Å². The number of nitrogens with zero attached hydrogens (tertiary/aromatic N) is 1. The zero-order valence-corrected chi connectivity index (χ0v) is 10.2. The number of carboxylic acids is 1. The minimum Gasteiger partial charge on any atom is -0.493 e. The van der Waals surface area contributed by atoms with Gasteiger partial charge in [-0.15, -0.1) is 0 Å². The van der Waals surface area contributed by atoms with Crippen LogP contribution in [0.4, 0.5) is 5.69 Å². The molecule has 0 fully saturated rings.